The molecule has 0 unspecified atom stereocenters. The van der Waals surface area contributed by atoms with Gasteiger partial charge in [-0.3, -0.25) is 10.4 Å². The van der Waals surface area contributed by atoms with Gasteiger partial charge in [0.15, 0.2) is 5.82 Å². The summed E-state index contributed by atoms with van der Waals surface area (Å²) >= 11 is 1.65. The van der Waals surface area contributed by atoms with Gasteiger partial charge in [-0.25, -0.2) is 4.79 Å². The van der Waals surface area contributed by atoms with Crippen molar-refractivity contribution in [3.8, 4) is 11.4 Å². The van der Waals surface area contributed by atoms with Crippen molar-refractivity contribution >= 4 is 29.4 Å². The van der Waals surface area contributed by atoms with E-state index in [1.54, 1.807) is 11.8 Å². The summed E-state index contributed by atoms with van der Waals surface area (Å²) in [5.74, 6) is 0.826. The number of nitrogens with zero attached hydrogens (tertiary/aromatic N) is 2. The lowest BCUT2D eigenvalue weighted by Gasteiger charge is -2.05. The smallest absolute Gasteiger partial charge is 0.308 e. The monoisotopic (exact) mass is 325 g/mol. The van der Waals surface area contributed by atoms with Crippen molar-refractivity contribution in [3.63, 3.8) is 0 Å². The molecule has 0 fully saturated rings. The highest BCUT2D eigenvalue weighted by atomic mass is 32.2. The van der Waals surface area contributed by atoms with Gasteiger partial charge in [-0.05, 0) is 30.5 Å². The number of carbonyl (C=O) groups is 1. The van der Waals surface area contributed by atoms with E-state index >= 15 is 0 Å². The predicted molar refractivity (Wildman–Crippen MR) is 92.7 cm³/mol. The molecule has 0 saturated heterocycles. The van der Waals surface area contributed by atoms with E-state index in [-0.39, 0.29) is 12.0 Å². The van der Waals surface area contributed by atoms with Gasteiger partial charge in [-0.15, -0.1) is 16.9 Å². The minimum atomic E-state index is -0.388. The standard InChI is InChI=1S/C16H15N5OS/c1-23-13-9-7-12(8-10-13)17-16(22)19-15-18-14(20-21-15)11-5-3-2-4-6-11/h2-10H,1H3,(H3,17,18,19,20,21,22). The summed E-state index contributed by atoms with van der Waals surface area (Å²) in [4.78, 5) is 17.3. The molecule has 2 amide bonds. The number of hydrogen-bond donors (Lipinski definition) is 3. The predicted octanol–water partition coefficient (Wildman–Crippen LogP) is 3.84. The lowest BCUT2D eigenvalue weighted by atomic mass is 10.2. The van der Waals surface area contributed by atoms with Crippen LogP contribution >= 0.6 is 11.8 Å². The van der Waals surface area contributed by atoms with E-state index in [0.29, 0.717) is 11.5 Å². The Hall–Kier alpha value is -2.80. The maximum absolute atomic E-state index is 12.0. The van der Waals surface area contributed by atoms with Gasteiger partial charge in [0.25, 0.3) is 5.95 Å². The first kappa shape index (κ1) is 15.1. The highest BCUT2D eigenvalue weighted by Crippen LogP contribution is 2.18. The van der Waals surface area contributed by atoms with Gasteiger partial charge in [-0.2, -0.15) is 4.98 Å². The van der Waals surface area contributed by atoms with Crippen LogP contribution in [0.5, 0.6) is 0 Å². The van der Waals surface area contributed by atoms with Gasteiger partial charge in [0.1, 0.15) is 0 Å². The molecule has 0 aliphatic heterocycles. The number of aromatic amines is 1. The second kappa shape index (κ2) is 6.97. The van der Waals surface area contributed by atoms with Crippen molar-refractivity contribution in [1.82, 2.24) is 15.2 Å². The number of carbonyl (C=O) groups excluding carboxylic acids is 1. The van der Waals surface area contributed by atoms with Crippen LogP contribution in [0.1, 0.15) is 0 Å². The minimum absolute atomic E-state index is 0.224. The van der Waals surface area contributed by atoms with Crippen LogP contribution in [-0.2, 0) is 0 Å². The van der Waals surface area contributed by atoms with E-state index in [1.807, 2.05) is 60.9 Å². The molecule has 7 heteroatoms. The molecule has 2 aromatic carbocycles. The summed E-state index contributed by atoms with van der Waals surface area (Å²) in [7, 11) is 0. The number of H-pyrrole nitrogens is 1. The third-order valence-corrected chi connectivity index (χ3v) is 3.85. The SMILES string of the molecule is CSc1ccc(NC(=O)Nc2n[nH]c(-c3ccccc3)n2)cc1. The second-order valence-electron chi connectivity index (χ2n) is 4.68. The van der Waals surface area contributed by atoms with Crippen LogP contribution in [0, 0.1) is 0 Å². The largest absolute Gasteiger partial charge is 0.326 e. The van der Waals surface area contributed by atoms with Crippen molar-refractivity contribution in [1.29, 1.82) is 0 Å². The topological polar surface area (TPSA) is 82.7 Å². The molecule has 0 bridgehead atoms. The Labute approximate surface area is 137 Å². The number of nitrogens with one attached hydrogen (secondary N) is 3. The first-order chi connectivity index (χ1) is 11.2. The maximum Gasteiger partial charge on any atom is 0.326 e. The minimum Gasteiger partial charge on any atom is -0.308 e. The maximum atomic E-state index is 12.0. The van der Waals surface area contributed by atoms with Crippen LogP contribution < -0.4 is 10.6 Å². The highest BCUT2D eigenvalue weighted by Gasteiger charge is 2.08. The molecule has 0 aliphatic carbocycles. The Morgan fingerprint density at radius 2 is 1.78 bits per heavy atom. The van der Waals surface area contributed by atoms with Crippen LogP contribution in [0.2, 0.25) is 0 Å². The lowest BCUT2D eigenvalue weighted by Crippen LogP contribution is -2.20. The lowest BCUT2D eigenvalue weighted by molar-refractivity contribution is 0.262. The van der Waals surface area contributed by atoms with Gasteiger partial charge in [0.2, 0.25) is 0 Å². The number of rotatable bonds is 4. The van der Waals surface area contributed by atoms with Crippen molar-refractivity contribution in [2.45, 2.75) is 4.90 Å². The van der Waals surface area contributed by atoms with Gasteiger partial charge in [-0.1, -0.05) is 30.3 Å². The van der Waals surface area contributed by atoms with E-state index in [1.165, 1.54) is 0 Å². The zero-order valence-corrected chi connectivity index (χ0v) is 13.2. The molecule has 0 atom stereocenters. The Balaban J connectivity index is 1.63. The normalized spacial score (nSPS) is 10.3. The number of amides is 2. The zero-order valence-electron chi connectivity index (χ0n) is 12.4. The molecule has 23 heavy (non-hydrogen) atoms. The molecular formula is C16H15N5OS. The molecule has 0 radical (unpaired) electrons. The van der Waals surface area contributed by atoms with Crippen molar-refractivity contribution < 1.29 is 4.79 Å². The van der Waals surface area contributed by atoms with E-state index in [9.17, 15) is 4.79 Å². The molecule has 3 aromatic rings. The van der Waals surface area contributed by atoms with E-state index in [0.717, 1.165) is 10.5 Å². The number of aromatic nitrogens is 3. The Bertz CT molecular complexity index is 786. The average molecular weight is 325 g/mol. The van der Waals surface area contributed by atoms with Crippen LogP contribution in [0.3, 0.4) is 0 Å². The average Bonchev–Trinajstić information content (AvgIpc) is 3.04. The number of urea groups is 1. The quantitative estimate of drug-likeness (QED) is 0.637. The zero-order chi connectivity index (χ0) is 16.1. The first-order valence-corrected chi connectivity index (χ1v) is 8.17. The molecule has 0 spiro atoms. The summed E-state index contributed by atoms with van der Waals surface area (Å²) in [6.45, 7) is 0. The van der Waals surface area contributed by atoms with Crippen LogP contribution in [0.15, 0.2) is 59.5 Å². The molecule has 1 heterocycles. The molecule has 3 N–H and O–H groups in total. The van der Waals surface area contributed by atoms with E-state index in [2.05, 4.69) is 25.8 Å². The molecule has 0 saturated carbocycles. The summed E-state index contributed by atoms with van der Waals surface area (Å²) < 4.78 is 0. The number of thioether (sulfide) groups is 1. The van der Waals surface area contributed by atoms with Gasteiger partial charge in [0, 0.05) is 16.1 Å². The van der Waals surface area contributed by atoms with E-state index < -0.39 is 0 Å². The third kappa shape index (κ3) is 3.89. The summed E-state index contributed by atoms with van der Waals surface area (Å²) in [6.07, 6.45) is 2.00. The van der Waals surface area contributed by atoms with E-state index in [4.69, 9.17) is 0 Å². The number of hydrogen-bond acceptors (Lipinski definition) is 4. The van der Waals surface area contributed by atoms with Crippen LogP contribution in [0.25, 0.3) is 11.4 Å². The summed E-state index contributed by atoms with van der Waals surface area (Å²) in [5, 5.41) is 12.1. The Kier molecular flexibility index (Phi) is 4.58. The third-order valence-electron chi connectivity index (χ3n) is 3.11. The van der Waals surface area contributed by atoms with Crippen molar-refractivity contribution in [2.24, 2.45) is 0 Å². The van der Waals surface area contributed by atoms with Crippen molar-refractivity contribution in [3.05, 3.63) is 54.6 Å². The molecule has 3 rings (SSSR count). The summed E-state index contributed by atoms with van der Waals surface area (Å²) in [5.41, 5.74) is 1.61. The first-order valence-electron chi connectivity index (χ1n) is 6.94. The second-order valence-corrected chi connectivity index (χ2v) is 5.56. The highest BCUT2D eigenvalue weighted by molar-refractivity contribution is 7.98. The van der Waals surface area contributed by atoms with Crippen LogP contribution in [-0.4, -0.2) is 27.5 Å². The number of anilines is 2. The van der Waals surface area contributed by atoms with Crippen LogP contribution in [0.4, 0.5) is 16.4 Å². The molecule has 1 aromatic heterocycles. The van der Waals surface area contributed by atoms with Crippen molar-refractivity contribution in [2.75, 3.05) is 16.9 Å². The molecule has 6 nitrogen and oxygen atoms in total. The fourth-order valence-electron chi connectivity index (χ4n) is 1.98. The fourth-order valence-corrected chi connectivity index (χ4v) is 2.39. The molecule has 116 valence electrons. The Morgan fingerprint density at radius 1 is 1.04 bits per heavy atom. The molecule has 0 aliphatic rings. The van der Waals surface area contributed by atoms with Gasteiger partial charge in [0.05, 0.1) is 0 Å². The van der Waals surface area contributed by atoms with Gasteiger partial charge < -0.3 is 5.32 Å². The fraction of sp³-hybridized carbons (Fsp3) is 0.0625. The number of benzene rings is 2. The molecular weight excluding hydrogens is 310 g/mol. The van der Waals surface area contributed by atoms with Gasteiger partial charge >= 0.3 is 6.03 Å². The summed E-state index contributed by atoms with van der Waals surface area (Å²) in [6, 6.07) is 16.8. The Morgan fingerprint density at radius 3 is 2.48 bits per heavy atom.